The van der Waals surface area contributed by atoms with Crippen molar-refractivity contribution < 1.29 is 22.7 Å². The lowest BCUT2D eigenvalue weighted by atomic mass is 10.2. The van der Waals surface area contributed by atoms with Crippen LogP contribution in [0.2, 0.25) is 0 Å². The lowest BCUT2D eigenvalue weighted by molar-refractivity contribution is -0.115. The van der Waals surface area contributed by atoms with Gasteiger partial charge in [0.05, 0.1) is 22.5 Å². The molecule has 0 atom stereocenters. The Labute approximate surface area is 171 Å². The molecule has 29 heavy (non-hydrogen) atoms. The van der Waals surface area contributed by atoms with Crippen LogP contribution in [0.3, 0.4) is 0 Å². The van der Waals surface area contributed by atoms with Gasteiger partial charge in [0.15, 0.2) is 26.1 Å². The topological polar surface area (TPSA) is 87.0 Å². The van der Waals surface area contributed by atoms with Crippen molar-refractivity contribution in [3.63, 3.8) is 0 Å². The molecular weight excluding hydrogens is 412 g/mol. The lowest BCUT2D eigenvalue weighted by Crippen LogP contribution is -2.21. The van der Waals surface area contributed by atoms with Crippen molar-refractivity contribution in [1.29, 1.82) is 0 Å². The molecule has 1 aliphatic heterocycles. The van der Waals surface area contributed by atoms with Crippen LogP contribution in [0.5, 0.6) is 11.5 Å². The summed E-state index contributed by atoms with van der Waals surface area (Å²) in [6, 6.07) is 12.3. The maximum atomic E-state index is 12.4. The third-order valence-corrected chi connectivity index (χ3v) is 6.72. The molecule has 0 radical (unpaired) electrons. The Bertz CT molecular complexity index is 1300. The summed E-state index contributed by atoms with van der Waals surface area (Å²) in [7, 11) is -3.65. The highest BCUT2D eigenvalue weighted by molar-refractivity contribution is 7.91. The molecule has 4 rings (SSSR count). The largest absolute Gasteiger partial charge is 0.454 e. The summed E-state index contributed by atoms with van der Waals surface area (Å²) in [6.45, 7) is 0.333. The van der Waals surface area contributed by atoms with E-state index < -0.39 is 21.5 Å². The van der Waals surface area contributed by atoms with Crippen LogP contribution in [0.4, 0.5) is 0 Å². The minimum absolute atomic E-state index is 0.150. The molecule has 1 aliphatic rings. The molecule has 2 aromatic carbocycles. The number of benzene rings is 2. The first-order valence-electron chi connectivity index (χ1n) is 8.63. The first-order chi connectivity index (χ1) is 13.9. The van der Waals surface area contributed by atoms with Gasteiger partial charge in [-0.15, -0.1) is 6.42 Å². The quantitative estimate of drug-likeness (QED) is 0.581. The van der Waals surface area contributed by atoms with E-state index in [1.54, 1.807) is 47.0 Å². The van der Waals surface area contributed by atoms with Gasteiger partial charge in [-0.2, -0.15) is 4.99 Å². The zero-order valence-corrected chi connectivity index (χ0v) is 16.8. The number of aromatic nitrogens is 1. The Morgan fingerprint density at radius 2 is 1.93 bits per heavy atom. The van der Waals surface area contributed by atoms with Crippen LogP contribution in [-0.2, 0) is 26.9 Å². The Morgan fingerprint density at radius 1 is 1.21 bits per heavy atom. The molecule has 0 saturated carbocycles. The fourth-order valence-electron chi connectivity index (χ4n) is 3.00. The number of fused-ring (bicyclic) bond motifs is 2. The van der Waals surface area contributed by atoms with Crippen LogP contribution in [0.1, 0.15) is 5.56 Å². The number of rotatable bonds is 5. The van der Waals surface area contributed by atoms with Crippen molar-refractivity contribution in [2.24, 2.45) is 4.99 Å². The summed E-state index contributed by atoms with van der Waals surface area (Å²) >= 11 is 1.24. The molecule has 3 aromatic rings. The van der Waals surface area contributed by atoms with Gasteiger partial charge < -0.3 is 14.0 Å². The average molecular weight is 428 g/mol. The van der Waals surface area contributed by atoms with E-state index in [9.17, 15) is 13.2 Å². The van der Waals surface area contributed by atoms with Crippen molar-refractivity contribution in [1.82, 2.24) is 4.57 Å². The van der Waals surface area contributed by atoms with Crippen LogP contribution in [0.15, 0.2) is 47.5 Å². The van der Waals surface area contributed by atoms with Crippen molar-refractivity contribution in [2.75, 3.05) is 12.5 Å². The maximum Gasteiger partial charge on any atom is 0.263 e. The molecule has 1 amide bonds. The molecule has 0 N–H and O–H groups in total. The minimum atomic E-state index is -3.65. The summed E-state index contributed by atoms with van der Waals surface area (Å²) < 4.78 is 38.0. The summed E-state index contributed by atoms with van der Waals surface area (Å²) in [5.41, 5.74) is 1.37. The van der Waals surface area contributed by atoms with Gasteiger partial charge >= 0.3 is 0 Å². The van der Waals surface area contributed by atoms with Crippen molar-refractivity contribution in [2.45, 2.75) is 12.3 Å². The van der Waals surface area contributed by atoms with Gasteiger partial charge in [-0.3, -0.25) is 4.79 Å². The standard InChI is InChI=1S/C20H16N2O5S2/c1-2-8-22-15-9-16-17(27-13-26-16)10-18(15)28-20(22)21-19(23)12-29(24,25)11-14-6-4-3-5-7-14/h1,3-7,9-10H,8,11-13H2. The number of hydrogen-bond donors (Lipinski definition) is 0. The molecule has 148 valence electrons. The van der Waals surface area contributed by atoms with Gasteiger partial charge in [0.25, 0.3) is 5.91 Å². The number of terminal acetylenes is 1. The summed E-state index contributed by atoms with van der Waals surface area (Å²) in [4.78, 5) is 16.8. The van der Waals surface area contributed by atoms with Gasteiger partial charge in [-0.1, -0.05) is 47.6 Å². The number of carbonyl (C=O) groups is 1. The highest BCUT2D eigenvalue weighted by atomic mass is 32.2. The molecule has 0 fully saturated rings. The van der Waals surface area contributed by atoms with Gasteiger partial charge in [-0.25, -0.2) is 8.42 Å². The van der Waals surface area contributed by atoms with E-state index in [1.807, 2.05) is 0 Å². The first kappa shape index (κ1) is 19.2. The number of ether oxygens (including phenoxy) is 2. The summed E-state index contributed by atoms with van der Waals surface area (Å²) in [5.74, 6) is 2.10. The van der Waals surface area contributed by atoms with E-state index in [4.69, 9.17) is 15.9 Å². The maximum absolute atomic E-state index is 12.4. The third-order valence-electron chi connectivity index (χ3n) is 4.22. The Morgan fingerprint density at radius 3 is 2.66 bits per heavy atom. The van der Waals surface area contributed by atoms with Crippen molar-refractivity contribution in [3.05, 3.63) is 52.8 Å². The van der Waals surface area contributed by atoms with E-state index in [0.29, 0.717) is 21.9 Å². The first-order valence-corrected chi connectivity index (χ1v) is 11.3. The van der Waals surface area contributed by atoms with Crippen LogP contribution in [-0.4, -0.2) is 31.4 Å². The number of nitrogens with zero attached hydrogens (tertiary/aromatic N) is 2. The Kier molecular flexibility index (Phi) is 5.13. The van der Waals surface area contributed by atoms with Crippen molar-refractivity contribution >= 4 is 37.3 Å². The second-order valence-electron chi connectivity index (χ2n) is 6.37. The van der Waals surface area contributed by atoms with Gasteiger partial charge in [0, 0.05) is 12.1 Å². The molecule has 0 unspecified atom stereocenters. The van der Waals surface area contributed by atoms with E-state index in [2.05, 4.69) is 10.9 Å². The predicted molar refractivity (Wildman–Crippen MR) is 109 cm³/mol. The van der Waals surface area contributed by atoms with Crippen molar-refractivity contribution in [3.8, 4) is 23.8 Å². The zero-order chi connectivity index (χ0) is 20.4. The molecule has 0 bridgehead atoms. The second-order valence-corrected chi connectivity index (χ2v) is 9.45. The van der Waals surface area contributed by atoms with E-state index in [1.165, 1.54) is 11.3 Å². The molecule has 0 spiro atoms. The van der Waals surface area contributed by atoms with E-state index in [-0.39, 0.29) is 19.1 Å². The molecule has 1 aromatic heterocycles. The number of carbonyl (C=O) groups excluding carboxylic acids is 1. The molecule has 9 heteroatoms. The lowest BCUT2D eigenvalue weighted by Gasteiger charge is -2.03. The molecule has 0 saturated heterocycles. The number of sulfone groups is 1. The zero-order valence-electron chi connectivity index (χ0n) is 15.2. The highest BCUT2D eigenvalue weighted by Crippen LogP contribution is 2.36. The fourth-order valence-corrected chi connectivity index (χ4v) is 5.30. The number of hydrogen-bond acceptors (Lipinski definition) is 6. The van der Waals surface area contributed by atoms with Gasteiger partial charge in [0.2, 0.25) is 6.79 Å². The molecule has 0 aliphatic carbocycles. The summed E-state index contributed by atoms with van der Waals surface area (Å²) in [6.07, 6.45) is 5.47. The number of amides is 1. The smallest absolute Gasteiger partial charge is 0.263 e. The number of thiazole rings is 1. The fraction of sp³-hybridized carbons (Fsp3) is 0.200. The monoisotopic (exact) mass is 428 g/mol. The average Bonchev–Trinajstić information content (AvgIpc) is 3.24. The molecule has 7 nitrogen and oxygen atoms in total. The van der Waals surface area contributed by atoms with Crippen LogP contribution in [0, 0.1) is 12.3 Å². The molecular formula is C20H16N2O5S2. The second kappa shape index (κ2) is 7.73. The van der Waals surface area contributed by atoms with E-state index >= 15 is 0 Å². The highest BCUT2D eigenvalue weighted by Gasteiger charge is 2.20. The predicted octanol–water partition coefficient (Wildman–Crippen LogP) is 2.11. The minimum Gasteiger partial charge on any atom is -0.454 e. The van der Waals surface area contributed by atoms with Gasteiger partial charge in [-0.05, 0) is 5.56 Å². The SMILES string of the molecule is C#CCn1c(=NC(=O)CS(=O)(=O)Cc2ccccc2)sc2cc3c(cc21)OCO3. The third kappa shape index (κ3) is 4.18. The van der Waals surface area contributed by atoms with E-state index in [0.717, 1.165) is 10.2 Å². The summed E-state index contributed by atoms with van der Waals surface area (Å²) in [5, 5.41) is 0. The normalized spacial score (nSPS) is 13.6. The Hall–Kier alpha value is -3.09. The molecule has 2 heterocycles. The van der Waals surface area contributed by atoms with Crippen LogP contribution < -0.4 is 14.3 Å². The van der Waals surface area contributed by atoms with Gasteiger partial charge in [0.1, 0.15) is 5.75 Å². The van der Waals surface area contributed by atoms with Crippen LogP contribution in [0.25, 0.3) is 10.2 Å². The van der Waals surface area contributed by atoms with Crippen LogP contribution >= 0.6 is 11.3 Å². The Balaban J connectivity index is 1.65.